The van der Waals surface area contributed by atoms with Gasteiger partial charge in [-0.3, -0.25) is 9.59 Å². The highest BCUT2D eigenvalue weighted by Gasteiger charge is 2.11. The Morgan fingerprint density at radius 2 is 1.29 bits per heavy atom. The van der Waals surface area contributed by atoms with E-state index in [-0.39, 0.29) is 24.7 Å². The molecule has 0 saturated carbocycles. The molecule has 2 atom stereocenters. The Morgan fingerprint density at radius 1 is 0.833 bits per heavy atom. The maximum absolute atomic E-state index is 11.5. The van der Waals surface area contributed by atoms with Gasteiger partial charge in [0, 0.05) is 25.9 Å². The summed E-state index contributed by atoms with van der Waals surface area (Å²) in [4.78, 5) is 22.7. The quantitative estimate of drug-likeness (QED) is 0.461. The third-order valence-electron chi connectivity index (χ3n) is 2.97. The van der Waals surface area contributed by atoms with Gasteiger partial charge in [-0.15, -0.1) is 0 Å². The average molecular weight is 349 g/mol. The second kappa shape index (κ2) is 21.9. The van der Waals surface area contributed by atoms with Crippen molar-refractivity contribution in [2.24, 2.45) is 0 Å². The van der Waals surface area contributed by atoms with Crippen molar-refractivity contribution >= 4 is 11.8 Å². The summed E-state index contributed by atoms with van der Waals surface area (Å²) in [5.41, 5.74) is 0. The number of amides is 2. The summed E-state index contributed by atoms with van der Waals surface area (Å²) in [6, 6.07) is 0. The molecular weight excluding hydrogens is 308 g/mol. The van der Waals surface area contributed by atoms with E-state index in [4.69, 9.17) is 0 Å². The predicted octanol–water partition coefficient (Wildman–Crippen LogP) is 2.37. The van der Waals surface area contributed by atoms with Crippen molar-refractivity contribution in [1.82, 2.24) is 10.6 Å². The molecular formula is C18H40N2O4. The van der Waals surface area contributed by atoms with Crippen LogP contribution in [0.15, 0.2) is 0 Å². The van der Waals surface area contributed by atoms with Gasteiger partial charge in [-0.2, -0.15) is 0 Å². The van der Waals surface area contributed by atoms with Gasteiger partial charge >= 0.3 is 0 Å². The molecule has 0 bridgehead atoms. The first-order chi connectivity index (χ1) is 11.5. The summed E-state index contributed by atoms with van der Waals surface area (Å²) in [5.74, 6) is -0.312. The van der Waals surface area contributed by atoms with Crippen molar-refractivity contribution in [3.8, 4) is 0 Å². The largest absolute Gasteiger partial charge is 0.393 e. The number of nitrogens with one attached hydrogen (secondary N) is 2. The highest BCUT2D eigenvalue weighted by molar-refractivity contribution is 5.83. The van der Waals surface area contributed by atoms with E-state index in [0.717, 1.165) is 6.42 Å². The third kappa shape index (κ3) is 20.9. The molecule has 0 aromatic carbocycles. The van der Waals surface area contributed by atoms with Crippen LogP contribution >= 0.6 is 0 Å². The van der Waals surface area contributed by atoms with E-state index in [1.165, 1.54) is 0 Å². The summed E-state index contributed by atoms with van der Waals surface area (Å²) >= 11 is 0. The molecule has 0 rings (SSSR count). The Hall–Kier alpha value is -1.14. The first-order valence-electron chi connectivity index (χ1n) is 9.39. The number of hydrogen-bond donors (Lipinski definition) is 4. The Kier molecular flexibility index (Phi) is 25.2. The summed E-state index contributed by atoms with van der Waals surface area (Å²) < 4.78 is 0. The van der Waals surface area contributed by atoms with Crippen molar-refractivity contribution in [1.29, 1.82) is 0 Å². The molecule has 0 aliphatic heterocycles. The van der Waals surface area contributed by atoms with Gasteiger partial charge in [-0.05, 0) is 25.7 Å². The highest BCUT2D eigenvalue weighted by atomic mass is 16.3. The Morgan fingerprint density at radius 3 is 1.71 bits per heavy atom. The fourth-order valence-corrected chi connectivity index (χ4v) is 1.65. The highest BCUT2D eigenvalue weighted by Crippen LogP contribution is 2.04. The molecule has 0 radical (unpaired) electrons. The van der Waals surface area contributed by atoms with Crippen LogP contribution in [0, 0.1) is 0 Å². The SMILES string of the molecule is CC.CC.CCCNC(=O)CCC(=O)NCCC(O)CC(O)CC. The minimum absolute atomic E-state index is 0.117. The first-order valence-corrected chi connectivity index (χ1v) is 9.39. The van der Waals surface area contributed by atoms with E-state index < -0.39 is 12.2 Å². The zero-order chi connectivity index (χ0) is 19.4. The lowest BCUT2D eigenvalue weighted by molar-refractivity contribution is -0.126. The lowest BCUT2D eigenvalue weighted by Crippen LogP contribution is -2.30. The van der Waals surface area contributed by atoms with Crippen LogP contribution in [0.2, 0.25) is 0 Å². The molecule has 146 valence electrons. The van der Waals surface area contributed by atoms with Gasteiger partial charge in [0.15, 0.2) is 0 Å². The normalized spacial score (nSPS) is 11.8. The van der Waals surface area contributed by atoms with Gasteiger partial charge in [0.05, 0.1) is 12.2 Å². The number of aliphatic hydroxyl groups is 2. The number of carbonyl (C=O) groups excluding carboxylic acids is 2. The number of aliphatic hydroxyl groups excluding tert-OH is 2. The topological polar surface area (TPSA) is 98.7 Å². The smallest absolute Gasteiger partial charge is 0.220 e. The second-order valence-corrected chi connectivity index (χ2v) is 4.94. The van der Waals surface area contributed by atoms with Crippen LogP contribution < -0.4 is 10.6 Å². The lowest BCUT2D eigenvalue weighted by Gasteiger charge is -2.14. The van der Waals surface area contributed by atoms with Crippen LogP contribution in [0.4, 0.5) is 0 Å². The maximum atomic E-state index is 11.5. The Labute approximate surface area is 148 Å². The first kappa shape index (κ1) is 27.7. The standard InChI is InChI=1S/C14H28N2O4.2C2H6/c1-3-8-15-13(19)5-6-14(20)16-9-7-12(18)10-11(17)4-2;2*1-2/h11-12,17-18H,3-10H2,1-2H3,(H,15,19)(H,16,20);2*1-2H3. The molecule has 2 amide bonds. The van der Waals surface area contributed by atoms with E-state index in [0.29, 0.717) is 32.4 Å². The van der Waals surface area contributed by atoms with Gasteiger partial charge in [-0.1, -0.05) is 41.5 Å². The molecule has 0 aromatic heterocycles. The van der Waals surface area contributed by atoms with Crippen LogP contribution in [0.25, 0.3) is 0 Å². The Balaban J connectivity index is -0.00000102. The molecule has 0 aliphatic rings. The monoisotopic (exact) mass is 348 g/mol. The summed E-state index contributed by atoms with van der Waals surface area (Å²) in [7, 11) is 0. The van der Waals surface area contributed by atoms with Crippen molar-refractivity contribution in [3.63, 3.8) is 0 Å². The maximum Gasteiger partial charge on any atom is 0.220 e. The molecule has 4 N–H and O–H groups in total. The van der Waals surface area contributed by atoms with E-state index in [9.17, 15) is 19.8 Å². The van der Waals surface area contributed by atoms with Gasteiger partial charge in [-0.25, -0.2) is 0 Å². The van der Waals surface area contributed by atoms with Crippen LogP contribution in [0.1, 0.15) is 80.1 Å². The predicted molar refractivity (Wildman–Crippen MR) is 99.8 cm³/mol. The molecule has 2 unspecified atom stereocenters. The molecule has 0 heterocycles. The molecule has 0 saturated heterocycles. The second-order valence-electron chi connectivity index (χ2n) is 4.94. The van der Waals surface area contributed by atoms with Gasteiger partial charge in [0.2, 0.25) is 11.8 Å². The van der Waals surface area contributed by atoms with Gasteiger partial charge < -0.3 is 20.8 Å². The molecule has 0 spiro atoms. The fourth-order valence-electron chi connectivity index (χ4n) is 1.65. The minimum atomic E-state index is -0.613. The van der Waals surface area contributed by atoms with Crippen LogP contribution in [0.5, 0.6) is 0 Å². The molecule has 0 aromatic rings. The fraction of sp³-hybridized carbons (Fsp3) is 0.889. The zero-order valence-corrected chi connectivity index (χ0v) is 16.5. The summed E-state index contributed by atoms with van der Waals surface area (Å²) in [5, 5.41) is 24.3. The molecule has 24 heavy (non-hydrogen) atoms. The van der Waals surface area contributed by atoms with Crippen molar-refractivity contribution in [2.75, 3.05) is 13.1 Å². The molecule has 0 aliphatic carbocycles. The summed E-state index contributed by atoms with van der Waals surface area (Å²) in [6.45, 7) is 12.8. The average Bonchev–Trinajstić information content (AvgIpc) is 2.61. The molecule has 6 nitrogen and oxygen atoms in total. The van der Waals surface area contributed by atoms with Gasteiger partial charge in [0.25, 0.3) is 0 Å². The van der Waals surface area contributed by atoms with E-state index >= 15 is 0 Å². The Bertz CT molecular complexity index is 286. The van der Waals surface area contributed by atoms with Crippen LogP contribution in [0.3, 0.4) is 0 Å². The van der Waals surface area contributed by atoms with E-state index in [2.05, 4.69) is 10.6 Å². The zero-order valence-electron chi connectivity index (χ0n) is 16.5. The van der Waals surface area contributed by atoms with E-state index in [1.807, 2.05) is 41.5 Å². The molecule has 0 fully saturated rings. The van der Waals surface area contributed by atoms with Crippen LogP contribution in [-0.2, 0) is 9.59 Å². The summed E-state index contributed by atoms with van der Waals surface area (Å²) in [6.07, 6.45) is 1.44. The van der Waals surface area contributed by atoms with Crippen molar-refractivity contribution in [2.45, 2.75) is 92.3 Å². The number of rotatable bonds is 11. The molecule has 6 heteroatoms. The van der Waals surface area contributed by atoms with Crippen molar-refractivity contribution in [3.05, 3.63) is 0 Å². The number of carbonyl (C=O) groups is 2. The number of hydrogen-bond acceptors (Lipinski definition) is 4. The van der Waals surface area contributed by atoms with Gasteiger partial charge in [0.1, 0.15) is 0 Å². The van der Waals surface area contributed by atoms with Crippen molar-refractivity contribution < 1.29 is 19.8 Å². The van der Waals surface area contributed by atoms with E-state index in [1.54, 1.807) is 0 Å². The lowest BCUT2D eigenvalue weighted by atomic mass is 10.1. The third-order valence-corrected chi connectivity index (χ3v) is 2.97. The van der Waals surface area contributed by atoms with Crippen LogP contribution in [-0.4, -0.2) is 47.3 Å². The minimum Gasteiger partial charge on any atom is -0.393 e.